The molecule has 1 aliphatic rings. The van der Waals surface area contributed by atoms with Crippen LogP contribution in [-0.4, -0.2) is 37.6 Å². The van der Waals surface area contributed by atoms with Crippen LogP contribution in [0.1, 0.15) is 19.8 Å². The smallest absolute Gasteiger partial charge is 0.310 e. The molecule has 1 unspecified atom stereocenters. The third-order valence-corrected chi connectivity index (χ3v) is 2.87. The van der Waals surface area contributed by atoms with Crippen molar-refractivity contribution in [3.63, 3.8) is 0 Å². The molecule has 2 N–H and O–H groups in total. The molecule has 1 heterocycles. The Bertz CT molecular complexity index is 318. The molecule has 0 spiro atoms. The van der Waals surface area contributed by atoms with Crippen molar-refractivity contribution < 1.29 is 14.3 Å². The number of hydrogen-bond acceptors (Lipinski definition) is 4. The van der Waals surface area contributed by atoms with Gasteiger partial charge in [-0.2, -0.15) is 5.26 Å². The van der Waals surface area contributed by atoms with Crippen molar-refractivity contribution in [2.24, 2.45) is 5.92 Å². The first-order chi connectivity index (χ1) is 8.15. The highest BCUT2D eigenvalue weighted by atomic mass is 16.5. The van der Waals surface area contributed by atoms with Crippen LogP contribution in [0.4, 0.5) is 0 Å². The van der Waals surface area contributed by atoms with Gasteiger partial charge in [-0.05, 0) is 25.7 Å². The van der Waals surface area contributed by atoms with Gasteiger partial charge in [0.2, 0.25) is 0 Å². The zero-order valence-corrected chi connectivity index (χ0v) is 9.86. The van der Waals surface area contributed by atoms with E-state index in [2.05, 4.69) is 10.6 Å². The van der Waals surface area contributed by atoms with Crippen molar-refractivity contribution in [3.8, 4) is 6.07 Å². The van der Waals surface area contributed by atoms with E-state index in [0.717, 1.165) is 12.8 Å². The summed E-state index contributed by atoms with van der Waals surface area (Å²) >= 11 is 0. The molecule has 0 aliphatic carbocycles. The fourth-order valence-electron chi connectivity index (χ4n) is 1.81. The molecule has 1 saturated heterocycles. The maximum Gasteiger partial charge on any atom is 0.310 e. The summed E-state index contributed by atoms with van der Waals surface area (Å²) in [5, 5.41) is 13.1. The highest BCUT2D eigenvalue weighted by Gasteiger charge is 2.23. The van der Waals surface area contributed by atoms with Gasteiger partial charge in [0.25, 0.3) is 0 Å². The molecule has 17 heavy (non-hydrogen) atoms. The molecule has 0 aromatic carbocycles. The summed E-state index contributed by atoms with van der Waals surface area (Å²) in [6.07, 6.45) is 1.78. The van der Waals surface area contributed by atoms with E-state index in [-0.39, 0.29) is 12.6 Å². The van der Waals surface area contributed by atoms with E-state index >= 15 is 0 Å². The lowest BCUT2D eigenvalue weighted by Gasteiger charge is -2.28. The summed E-state index contributed by atoms with van der Waals surface area (Å²) < 4.78 is 5.23. The third kappa shape index (κ3) is 4.41. The zero-order chi connectivity index (χ0) is 12.7. The Balaban J connectivity index is 2.34. The molecular formula is C11H17N3O3. The van der Waals surface area contributed by atoms with Crippen molar-refractivity contribution in [1.29, 1.82) is 5.26 Å². The number of carbonyl (C=O) groups excluding carboxylic acids is 2. The van der Waals surface area contributed by atoms with Gasteiger partial charge >= 0.3 is 11.8 Å². The summed E-state index contributed by atoms with van der Waals surface area (Å²) in [4.78, 5) is 22.7. The fourth-order valence-corrected chi connectivity index (χ4v) is 1.81. The quantitative estimate of drug-likeness (QED) is 0.516. The molecule has 1 aliphatic heterocycles. The van der Waals surface area contributed by atoms with Crippen LogP contribution in [0.2, 0.25) is 0 Å². The Morgan fingerprint density at radius 3 is 2.65 bits per heavy atom. The van der Waals surface area contributed by atoms with Gasteiger partial charge in [0.05, 0.1) is 6.07 Å². The van der Waals surface area contributed by atoms with Gasteiger partial charge in [0.1, 0.15) is 6.54 Å². The Labute approximate surface area is 100 Å². The van der Waals surface area contributed by atoms with Gasteiger partial charge in [-0.25, -0.2) is 0 Å². The van der Waals surface area contributed by atoms with Gasteiger partial charge < -0.3 is 15.4 Å². The normalized spacial score (nSPS) is 17.9. The van der Waals surface area contributed by atoms with Gasteiger partial charge in [0.15, 0.2) is 0 Å². The average molecular weight is 239 g/mol. The molecule has 0 aromatic heterocycles. The lowest BCUT2D eigenvalue weighted by Crippen LogP contribution is -2.47. The van der Waals surface area contributed by atoms with Crippen molar-refractivity contribution >= 4 is 11.8 Å². The molecule has 94 valence electrons. The summed E-state index contributed by atoms with van der Waals surface area (Å²) in [6.45, 7) is 3.13. The average Bonchev–Trinajstić information content (AvgIpc) is 2.36. The second-order valence-electron chi connectivity index (χ2n) is 4.05. The van der Waals surface area contributed by atoms with Gasteiger partial charge in [-0.15, -0.1) is 0 Å². The molecule has 0 radical (unpaired) electrons. The minimum absolute atomic E-state index is 0.0563. The van der Waals surface area contributed by atoms with E-state index in [4.69, 9.17) is 10.00 Å². The predicted octanol–water partition coefficient (Wildman–Crippen LogP) is -0.443. The standard InChI is InChI=1S/C11H17N3O3/c1-8(9-2-6-17-7-3-9)14-11(16)10(15)13-5-4-12/h8-9H,2-3,5-7H2,1H3,(H,13,15)(H,14,16). The largest absolute Gasteiger partial charge is 0.381 e. The Kier molecular flexibility index (Phi) is 5.43. The Morgan fingerprint density at radius 2 is 2.06 bits per heavy atom. The van der Waals surface area contributed by atoms with Crippen LogP contribution < -0.4 is 10.6 Å². The van der Waals surface area contributed by atoms with Crippen LogP contribution in [0, 0.1) is 17.2 Å². The maximum absolute atomic E-state index is 11.4. The molecule has 6 heteroatoms. The monoisotopic (exact) mass is 239 g/mol. The molecule has 2 amide bonds. The molecule has 0 saturated carbocycles. The van der Waals surface area contributed by atoms with E-state index in [1.165, 1.54) is 0 Å². The number of ether oxygens (including phenoxy) is 1. The minimum atomic E-state index is -0.759. The minimum Gasteiger partial charge on any atom is -0.381 e. The van der Waals surface area contributed by atoms with E-state index in [0.29, 0.717) is 19.1 Å². The number of carbonyl (C=O) groups is 2. The van der Waals surface area contributed by atoms with Crippen molar-refractivity contribution in [2.45, 2.75) is 25.8 Å². The lowest BCUT2D eigenvalue weighted by atomic mass is 9.93. The van der Waals surface area contributed by atoms with E-state index in [1.54, 1.807) is 6.07 Å². The number of nitrogens with one attached hydrogen (secondary N) is 2. The van der Waals surface area contributed by atoms with Crippen LogP contribution in [0.5, 0.6) is 0 Å². The fraction of sp³-hybridized carbons (Fsp3) is 0.727. The van der Waals surface area contributed by atoms with Crippen LogP contribution in [0.15, 0.2) is 0 Å². The zero-order valence-electron chi connectivity index (χ0n) is 9.86. The number of hydrogen-bond donors (Lipinski definition) is 2. The summed E-state index contributed by atoms with van der Waals surface area (Å²) in [6, 6.07) is 1.69. The summed E-state index contributed by atoms with van der Waals surface area (Å²) in [5.74, 6) is -1.10. The first-order valence-electron chi connectivity index (χ1n) is 5.68. The molecule has 1 atom stereocenters. The molecule has 0 bridgehead atoms. The number of rotatable bonds is 3. The van der Waals surface area contributed by atoms with Crippen LogP contribution in [0.3, 0.4) is 0 Å². The van der Waals surface area contributed by atoms with E-state index < -0.39 is 11.8 Å². The van der Waals surface area contributed by atoms with Crippen LogP contribution >= 0.6 is 0 Å². The number of nitriles is 1. The van der Waals surface area contributed by atoms with E-state index in [1.807, 2.05) is 6.92 Å². The predicted molar refractivity (Wildman–Crippen MR) is 59.8 cm³/mol. The van der Waals surface area contributed by atoms with Crippen molar-refractivity contribution in [3.05, 3.63) is 0 Å². The number of amides is 2. The maximum atomic E-state index is 11.4. The first-order valence-corrected chi connectivity index (χ1v) is 5.68. The van der Waals surface area contributed by atoms with Crippen LogP contribution in [-0.2, 0) is 14.3 Å². The molecule has 6 nitrogen and oxygen atoms in total. The Morgan fingerprint density at radius 1 is 1.41 bits per heavy atom. The topological polar surface area (TPSA) is 91.2 Å². The summed E-state index contributed by atoms with van der Waals surface area (Å²) in [5.41, 5.74) is 0. The van der Waals surface area contributed by atoms with Crippen molar-refractivity contribution in [2.75, 3.05) is 19.8 Å². The Hall–Kier alpha value is -1.61. The highest BCUT2D eigenvalue weighted by Crippen LogP contribution is 2.18. The number of nitrogens with zero attached hydrogens (tertiary/aromatic N) is 1. The summed E-state index contributed by atoms with van der Waals surface area (Å²) in [7, 11) is 0. The highest BCUT2D eigenvalue weighted by molar-refractivity contribution is 6.35. The third-order valence-electron chi connectivity index (χ3n) is 2.87. The molecule has 1 rings (SSSR count). The van der Waals surface area contributed by atoms with Gasteiger partial charge in [0, 0.05) is 19.3 Å². The molecule has 1 fully saturated rings. The van der Waals surface area contributed by atoms with Crippen LogP contribution in [0.25, 0.3) is 0 Å². The van der Waals surface area contributed by atoms with E-state index in [9.17, 15) is 9.59 Å². The SMILES string of the molecule is CC(NC(=O)C(=O)NCC#N)C1CCOCC1. The van der Waals surface area contributed by atoms with Gasteiger partial charge in [-0.1, -0.05) is 0 Å². The second-order valence-corrected chi connectivity index (χ2v) is 4.05. The van der Waals surface area contributed by atoms with Crippen molar-refractivity contribution in [1.82, 2.24) is 10.6 Å². The second kappa shape index (κ2) is 6.86. The first kappa shape index (κ1) is 13.5. The lowest BCUT2D eigenvalue weighted by molar-refractivity contribution is -0.139. The molecule has 0 aromatic rings. The van der Waals surface area contributed by atoms with Gasteiger partial charge in [-0.3, -0.25) is 9.59 Å². The molecular weight excluding hydrogens is 222 g/mol.